The van der Waals surface area contributed by atoms with E-state index in [0.29, 0.717) is 57.3 Å². The summed E-state index contributed by atoms with van der Waals surface area (Å²) in [5, 5.41) is 0. The number of nitrogens with one attached hydrogen (secondary N) is 1. The number of hydrogen-bond donors (Lipinski definition) is 1. The number of benzene rings is 2. The summed E-state index contributed by atoms with van der Waals surface area (Å²) in [5.41, 5.74) is 4.02. The van der Waals surface area contributed by atoms with E-state index in [9.17, 15) is 9.59 Å². The van der Waals surface area contributed by atoms with Gasteiger partial charge in [0.2, 0.25) is 11.2 Å². The van der Waals surface area contributed by atoms with Crippen LogP contribution in [0.1, 0.15) is 50.7 Å². The van der Waals surface area contributed by atoms with Crippen LogP contribution in [0.2, 0.25) is 0 Å². The molecule has 0 bridgehead atoms. The van der Waals surface area contributed by atoms with Gasteiger partial charge in [-0.05, 0) is 47.2 Å². The molecule has 0 unspecified atom stereocenters. The number of oxazole rings is 2. The minimum absolute atomic E-state index is 0.324. The predicted molar refractivity (Wildman–Crippen MR) is 155 cm³/mol. The van der Waals surface area contributed by atoms with Crippen LogP contribution in [0.4, 0.5) is 0 Å². The zero-order chi connectivity index (χ0) is 29.1. The van der Waals surface area contributed by atoms with Crippen LogP contribution in [0.5, 0.6) is 23.0 Å². The molecule has 0 radical (unpaired) electrons. The Labute approximate surface area is 235 Å². The highest BCUT2D eigenvalue weighted by Crippen LogP contribution is 2.30. The molecule has 0 saturated heterocycles. The molecule has 4 aromatic heterocycles. The Morgan fingerprint density at radius 1 is 0.707 bits per heavy atom. The second-order valence-electron chi connectivity index (χ2n) is 10.0. The van der Waals surface area contributed by atoms with Crippen LogP contribution in [0, 0.1) is 0 Å². The molecule has 2 aromatic carbocycles. The minimum atomic E-state index is -0.543. The third kappa shape index (κ3) is 6.06. The fourth-order valence-corrected chi connectivity index (χ4v) is 4.09. The zero-order valence-electron chi connectivity index (χ0n) is 23.4. The smallest absolute Gasteiger partial charge is 0.421 e. The third-order valence-corrected chi connectivity index (χ3v) is 6.46. The molecule has 6 rings (SSSR count). The van der Waals surface area contributed by atoms with Crippen molar-refractivity contribution in [2.45, 2.75) is 39.5 Å². The van der Waals surface area contributed by atoms with Gasteiger partial charge in [-0.15, -0.1) is 0 Å². The number of ether oxygens (including phenoxy) is 2. The lowest BCUT2D eigenvalue weighted by atomic mass is 10.0. The number of aromatic nitrogens is 4. The molecular weight excluding hydrogens is 524 g/mol. The second-order valence-corrected chi connectivity index (χ2v) is 10.0. The molecule has 10 nitrogen and oxygen atoms in total. The van der Waals surface area contributed by atoms with Gasteiger partial charge in [-0.3, -0.25) is 9.55 Å². The predicted octanol–water partition coefficient (Wildman–Crippen LogP) is 6.87. The maximum Gasteiger partial charge on any atom is 0.421 e. The molecule has 10 heteroatoms. The summed E-state index contributed by atoms with van der Waals surface area (Å²) >= 11 is 0. The number of aromatic amines is 1. The summed E-state index contributed by atoms with van der Waals surface area (Å²) in [5.74, 6) is 2.27. The number of nitrogens with zero attached hydrogens (tertiary/aromatic N) is 3. The van der Waals surface area contributed by atoms with Crippen molar-refractivity contribution in [3.05, 3.63) is 105 Å². The Hall–Kier alpha value is -5.12. The Morgan fingerprint density at radius 3 is 1.76 bits per heavy atom. The van der Waals surface area contributed by atoms with Gasteiger partial charge in [0.15, 0.2) is 22.8 Å². The van der Waals surface area contributed by atoms with Crippen molar-refractivity contribution in [1.29, 1.82) is 0 Å². The van der Waals surface area contributed by atoms with Crippen molar-refractivity contribution < 1.29 is 18.3 Å². The van der Waals surface area contributed by atoms with E-state index in [1.807, 2.05) is 48.5 Å². The van der Waals surface area contributed by atoms with Crippen molar-refractivity contribution in [2.24, 2.45) is 7.05 Å². The van der Waals surface area contributed by atoms with E-state index in [2.05, 4.69) is 42.6 Å². The van der Waals surface area contributed by atoms with Crippen molar-refractivity contribution in [3.8, 4) is 23.0 Å². The largest absolute Gasteiger partial charge is 0.453 e. The third-order valence-electron chi connectivity index (χ3n) is 6.46. The maximum atomic E-state index is 11.6. The van der Waals surface area contributed by atoms with Crippen LogP contribution in [0.25, 0.3) is 22.5 Å². The number of rotatable bonds is 6. The molecule has 6 aromatic rings. The SMILES string of the molecule is CC(C)c1ccc(Oc2ccnc3[nH]c(=O)oc23)cc1.CC(C)c1ccc(Oc2ccnc3c2oc(=O)n3C)cc1. The van der Waals surface area contributed by atoms with Crippen LogP contribution in [0.15, 0.2) is 91.5 Å². The molecular formula is C31H30N4O6. The Morgan fingerprint density at radius 2 is 1.22 bits per heavy atom. The highest BCUT2D eigenvalue weighted by atomic mass is 16.5. The number of H-pyrrole nitrogens is 1. The topological polar surface area (TPSA) is 125 Å². The summed E-state index contributed by atoms with van der Waals surface area (Å²) in [6.45, 7) is 8.55. The zero-order valence-corrected chi connectivity index (χ0v) is 23.4. The minimum Gasteiger partial charge on any atom is -0.453 e. The molecule has 1 N–H and O–H groups in total. The normalized spacial score (nSPS) is 11.2. The molecule has 0 aliphatic rings. The van der Waals surface area contributed by atoms with Crippen LogP contribution in [-0.4, -0.2) is 19.5 Å². The fourth-order valence-electron chi connectivity index (χ4n) is 4.09. The summed E-state index contributed by atoms with van der Waals surface area (Å²) < 4.78 is 23.1. The van der Waals surface area contributed by atoms with Gasteiger partial charge < -0.3 is 18.3 Å². The van der Waals surface area contributed by atoms with Gasteiger partial charge in [-0.25, -0.2) is 19.6 Å². The Kier molecular flexibility index (Phi) is 7.73. The Balaban J connectivity index is 0.000000165. The van der Waals surface area contributed by atoms with E-state index in [4.69, 9.17) is 18.3 Å². The van der Waals surface area contributed by atoms with Gasteiger partial charge in [-0.1, -0.05) is 52.0 Å². The molecule has 0 spiro atoms. The summed E-state index contributed by atoms with van der Waals surface area (Å²) in [7, 11) is 1.61. The molecule has 0 aliphatic heterocycles. The van der Waals surface area contributed by atoms with Gasteiger partial charge >= 0.3 is 11.5 Å². The highest BCUT2D eigenvalue weighted by molar-refractivity contribution is 5.76. The maximum absolute atomic E-state index is 11.6. The molecule has 0 aliphatic carbocycles. The number of aryl methyl sites for hydroxylation is 1. The van der Waals surface area contributed by atoms with Gasteiger partial charge in [0.1, 0.15) is 11.5 Å². The molecule has 0 saturated carbocycles. The van der Waals surface area contributed by atoms with Crippen LogP contribution < -0.4 is 21.0 Å². The van der Waals surface area contributed by atoms with Gasteiger partial charge in [0.05, 0.1) is 0 Å². The molecule has 210 valence electrons. The van der Waals surface area contributed by atoms with Crippen molar-refractivity contribution in [1.82, 2.24) is 19.5 Å². The van der Waals surface area contributed by atoms with Crippen LogP contribution >= 0.6 is 0 Å². The summed E-state index contributed by atoms with van der Waals surface area (Å²) in [6.07, 6.45) is 3.15. The average Bonchev–Trinajstić information content (AvgIpc) is 3.49. The first kappa shape index (κ1) is 27.4. The number of pyridine rings is 2. The van der Waals surface area contributed by atoms with E-state index in [1.165, 1.54) is 15.7 Å². The van der Waals surface area contributed by atoms with E-state index in [-0.39, 0.29) is 0 Å². The monoisotopic (exact) mass is 554 g/mol. The summed E-state index contributed by atoms with van der Waals surface area (Å²) in [4.78, 5) is 33.4. The van der Waals surface area contributed by atoms with Crippen LogP contribution in [-0.2, 0) is 7.05 Å². The molecule has 4 heterocycles. The average molecular weight is 555 g/mol. The highest BCUT2D eigenvalue weighted by Gasteiger charge is 2.14. The van der Waals surface area contributed by atoms with Crippen molar-refractivity contribution in [3.63, 3.8) is 0 Å². The lowest BCUT2D eigenvalue weighted by Gasteiger charge is -2.08. The van der Waals surface area contributed by atoms with E-state index in [1.54, 1.807) is 31.6 Å². The quantitative estimate of drug-likeness (QED) is 0.236. The fraction of sp³-hybridized carbons (Fsp3) is 0.226. The molecule has 0 fully saturated rings. The first-order valence-electron chi connectivity index (χ1n) is 13.2. The van der Waals surface area contributed by atoms with Gasteiger partial charge in [-0.2, -0.15) is 0 Å². The van der Waals surface area contributed by atoms with Gasteiger partial charge in [0, 0.05) is 31.6 Å². The summed E-state index contributed by atoms with van der Waals surface area (Å²) in [6, 6.07) is 19.0. The van der Waals surface area contributed by atoms with Crippen molar-refractivity contribution >= 4 is 22.5 Å². The second kappa shape index (κ2) is 11.5. The van der Waals surface area contributed by atoms with E-state index < -0.39 is 11.5 Å². The first-order chi connectivity index (χ1) is 19.7. The molecule has 0 atom stereocenters. The van der Waals surface area contributed by atoms with E-state index in [0.717, 1.165) is 0 Å². The van der Waals surface area contributed by atoms with Gasteiger partial charge in [0.25, 0.3) is 0 Å². The van der Waals surface area contributed by atoms with Crippen molar-refractivity contribution in [2.75, 3.05) is 0 Å². The Bertz CT molecular complexity index is 1890. The lowest BCUT2D eigenvalue weighted by molar-refractivity contribution is 0.462. The number of fused-ring (bicyclic) bond motifs is 2. The standard InChI is InChI=1S/C16H16N2O3.C15H14N2O3/c1-10(2)11-4-6-12(7-5-11)20-13-8-9-17-15-14(13)21-16(19)18(15)3;1-9(2)10-3-5-11(6-4-10)19-12-7-8-16-14-13(12)20-15(18)17-14/h4-10H,1-3H3;3-9H,1-2H3,(H,16,17,18). The lowest BCUT2D eigenvalue weighted by Crippen LogP contribution is -2.08. The molecule has 0 amide bonds. The molecule has 41 heavy (non-hydrogen) atoms. The number of hydrogen-bond acceptors (Lipinski definition) is 8. The van der Waals surface area contributed by atoms with Crippen LogP contribution in [0.3, 0.4) is 0 Å². The first-order valence-corrected chi connectivity index (χ1v) is 13.2. The van der Waals surface area contributed by atoms with E-state index >= 15 is 0 Å².